The van der Waals surface area contributed by atoms with Crippen molar-refractivity contribution in [3.8, 4) is 0 Å². The molecule has 0 aliphatic rings. The van der Waals surface area contributed by atoms with Gasteiger partial charge in [0.05, 0.1) is 5.75 Å². The molecule has 0 radical (unpaired) electrons. The third-order valence-corrected chi connectivity index (χ3v) is 3.37. The molecule has 3 nitrogen and oxygen atoms in total. The van der Waals surface area contributed by atoms with E-state index in [1.54, 1.807) is 4.90 Å². The summed E-state index contributed by atoms with van der Waals surface area (Å²) in [5.74, 6) is 0.598. The van der Waals surface area contributed by atoms with Crippen LogP contribution in [0.5, 0.6) is 0 Å². The number of carbonyl (C=O) groups is 1. The van der Waals surface area contributed by atoms with Gasteiger partial charge in [0.2, 0.25) is 5.91 Å². The lowest BCUT2D eigenvalue weighted by molar-refractivity contribution is -0.128. The number of hydrogen-bond acceptors (Lipinski definition) is 3. The van der Waals surface area contributed by atoms with Crippen LogP contribution < -0.4 is 5.73 Å². The molecule has 0 bridgehead atoms. The Balaban J connectivity index is 2.49. The SMILES string of the molecule is CC(C)N(C)C(=O)CSc1cccc(N)c1. The van der Waals surface area contributed by atoms with Crippen molar-refractivity contribution in [2.45, 2.75) is 24.8 Å². The molecule has 0 fully saturated rings. The van der Waals surface area contributed by atoms with Gasteiger partial charge >= 0.3 is 0 Å². The minimum atomic E-state index is 0.141. The van der Waals surface area contributed by atoms with Gasteiger partial charge in [-0.1, -0.05) is 6.07 Å². The van der Waals surface area contributed by atoms with Gasteiger partial charge in [0.1, 0.15) is 0 Å². The third kappa shape index (κ3) is 3.77. The molecular weight excluding hydrogens is 220 g/mol. The fraction of sp³-hybridized carbons (Fsp3) is 0.417. The number of nitrogen functional groups attached to an aromatic ring is 1. The maximum Gasteiger partial charge on any atom is 0.232 e. The van der Waals surface area contributed by atoms with Crippen LogP contribution in [-0.2, 0) is 4.79 Å². The lowest BCUT2D eigenvalue weighted by atomic mass is 10.3. The minimum Gasteiger partial charge on any atom is -0.399 e. The van der Waals surface area contributed by atoms with E-state index < -0.39 is 0 Å². The van der Waals surface area contributed by atoms with Crippen molar-refractivity contribution < 1.29 is 4.79 Å². The van der Waals surface area contributed by atoms with Crippen LogP contribution in [0.4, 0.5) is 5.69 Å². The first-order valence-electron chi connectivity index (χ1n) is 5.24. The van der Waals surface area contributed by atoms with Crippen molar-refractivity contribution in [2.75, 3.05) is 18.5 Å². The molecule has 0 aromatic heterocycles. The molecule has 88 valence electrons. The highest BCUT2D eigenvalue weighted by molar-refractivity contribution is 8.00. The molecule has 0 unspecified atom stereocenters. The summed E-state index contributed by atoms with van der Waals surface area (Å²) in [6.07, 6.45) is 0. The molecule has 2 N–H and O–H groups in total. The second-order valence-electron chi connectivity index (χ2n) is 3.96. The van der Waals surface area contributed by atoms with E-state index in [0.29, 0.717) is 5.75 Å². The van der Waals surface area contributed by atoms with Crippen LogP contribution >= 0.6 is 11.8 Å². The molecule has 0 saturated heterocycles. The van der Waals surface area contributed by atoms with Gasteiger partial charge in [0.25, 0.3) is 0 Å². The van der Waals surface area contributed by atoms with E-state index in [1.165, 1.54) is 11.8 Å². The summed E-state index contributed by atoms with van der Waals surface area (Å²) < 4.78 is 0. The van der Waals surface area contributed by atoms with E-state index in [4.69, 9.17) is 5.73 Å². The molecule has 1 rings (SSSR count). The highest BCUT2D eigenvalue weighted by Crippen LogP contribution is 2.20. The summed E-state index contributed by atoms with van der Waals surface area (Å²) in [7, 11) is 1.83. The fourth-order valence-electron chi connectivity index (χ4n) is 1.14. The number of amides is 1. The number of nitrogens with two attached hydrogens (primary N) is 1. The zero-order chi connectivity index (χ0) is 12.1. The molecule has 0 saturated carbocycles. The zero-order valence-corrected chi connectivity index (χ0v) is 10.8. The topological polar surface area (TPSA) is 46.3 Å². The van der Waals surface area contributed by atoms with Crippen molar-refractivity contribution >= 4 is 23.4 Å². The average molecular weight is 238 g/mol. The molecule has 4 heteroatoms. The van der Waals surface area contributed by atoms with Crippen LogP contribution in [0.15, 0.2) is 29.2 Å². The van der Waals surface area contributed by atoms with Crippen molar-refractivity contribution in [1.82, 2.24) is 4.90 Å². The Kier molecular flexibility index (Phi) is 4.68. The van der Waals surface area contributed by atoms with Gasteiger partial charge in [-0.3, -0.25) is 4.79 Å². The van der Waals surface area contributed by atoms with Crippen LogP contribution in [0, 0.1) is 0 Å². The summed E-state index contributed by atoms with van der Waals surface area (Å²) >= 11 is 1.52. The Bertz CT molecular complexity index is 366. The molecule has 1 aromatic rings. The first kappa shape index (κ1) is 12.9. The molecule has 0 aliphatic carbocycles. The summed E-state index contributed by atoms with van der Waals surface area (Å²) in [5.41, 5.74) is 6.40. The Morgan fingerprint density at radius 3 is 2.75 bits per heavy atom. The number of carbonyl (C=O) groups excluding carboxylic acids is 1. The number of thioether (sulfide) groups is 1. The molecule has 0 atom stereocenters. The van der Waals surface area contributed by atoms with Gasteiger partial charge < -0.3 is 10.6 Å². The van der Waals surface area contributed by atoms with Gasteiger partial charge in [-0.2, -0.15) is 0 Å². The smallest absolute Gasteiger partial charge is 0.232 e. The number of nitrogens with zero attached hydrogens (tertiary/aromatic N) is 1. The van der Waals surface area contributed by atoms with E-state index in [1.807, 2.05) is 45.2 Å². The number of benzene rings is 1. The van der Waals surface area contributed by atoms with Gasteiger partial charge in [0, 0.05) is 23.7 Å². The standard InChI is InChI=1S/C12H18N2OS/c1-9(2)14(3)12(15)8-16-11-6-4-5-10(13)7-11/h4-7,9H,8,13H2,1-3H3. The molecular formula is C12H18N2OS. The summed E-state index contributed by atoms with van der Waals surface area (Å²) in [5, 5.41) is 0. The van der Waals surface area contributed by atoms with Gasteiger partial charge in [0.15, 0.2) is 0 Å². The van der Waals surface area contributed by atoms with Crippen molar-refractivity contribution in [3.05, 3.63) is 24.3 Å². The quantitative estimate of drug-likeness (QED) is 0.646. The molecule has 0 heterocycles. The van der Waals surface area contributed by atoms with E-state index in [2.05, 4.69) is 0 Å². The second-order valence-corrected chi connectivity index (χ2v) is 5.01. The summed E-state index contributed by atoms with van der Waals surface area (Å²) in [6.45, 7) is 4.01. The van der Waals surface area contributed by atoms with Crippen LogP contribution in [0.2, 0.25) is 0 Å². The predicted molar refractivity (Wildman–Crippen MR) is 69.5 cm³/mol. The number of hydrogen-bond donors (Lipinski definition) is 1. The fourth-order valence-corrected chi connectivity index (χ4v) is 2.03. The number of rotatable bonds is 4. The normalized spacial score (nSPS) is 10.5. The first-order valence-corrected chi connectivity index (χ1v) is 6.23. The molecule has 1 aromatic carbocycles. The van der Waals surface area contributed by atoms with E-state index >= 15 is 0 Å². The molecule has 16 heavy (non-hydrogen) atoms. The molecule has 1 amide bonds. The zero-order valence-electron chi connectivity index (χ0n) is 9.93. The van der Waals surface area contributed by atoms with Gasteiger partial charge in [-0.05, 0) is 32.0 Å². The average Bonchev–Trinajstić information content (AvgIpc) is 2.24. The Morgan fingerprint density at radius 2 is 2.19 bits per heavy atom. The lowest BCUT2D eigenvalue weighted by Gasteiger charge is -2.21. The van der Waals surface area contributed by atoms with Crippen molar-refractivity contribution in [1.29, 1.82) is 0 Å². The van der Waals surface area contributed by atoms with Gasteiger partial charge in [-0.25, -0.2) is 0 Å². The first-order chi connectivity index (χ1) is 7.50. The van der Waals surface area contributed by atoms with E-state index in [-0.39, 0.29) is 11.9 Å². The maximum absolute atomic E-state index is 11.7. The molecule has 0 aliphatic heterocycles. The number of anilines is 1. The monoisotopic (exact) mass is 238 g/mol. The Hall–Kier alpha value is -1.16. The van der Waals surface area contributed by atoms with Crippen LogP contribution in [-0.4, -0.2) is 29.6 Å². The third-order valence-electron chi connectivity index (χ3n) is 2.39. The van der Waals surface area contributed by atoms with Gasteiger partial charge in [-0.15, -0.1) is 11.8 Å². The maximum atomic E-state index is 11.7. The molecule has 0 spiro atoms. The van der Waals surface area contributed by atoms with Crippen LogP contribution in [0.25, 0.3) is 0 Å². The Morgan fingerprint density at radius 1 is 1.50 bits per heavy atom. The minimum absolute atomic E-state index is 0.141. The lowest BCUT2D eigenvalue weighted by Crippen LogP contribution is -2.34. The van der Waals surface area contributed by atoms with E-state index in [9.17, 15) is 4.79 Å². The second kappa shape index (κ2) is 5.80. The van der Waals surface area contributed by atoms with Crippen LogP contribution in [0.1, 0.15) is 13.8 Å². The highest BCUT2D eigenvalue weighted by atomic mass is 32.2. The summed E-state index contributed by atoms with van der Waals surface area (Å²) in [4.78, 5) is 14.5. The van der Waals surface area contributed by atoms with E-state index in [0.717, 1.165) is 10.6 Å². The largest absolute Gasteiger partial charge is 0.399 e. The van der Waals surface area contributed by atoms with Crippen molar-refractivity contribution in [2.24, 2.45) is 0 Å². The van der Waals surface area contributed by atoms with Crippen LogP contribution in [0.3, 0.4) is 0 Å². The highest BCUT2D eigenvalue weighted by Gasteiger charge is 2.11. The van der Waals surface area contributed by atoms with Crippen molar-refractivity contribution in [3.63, 3.8) is 0 Å². The Labute approximate surface area is 101 Å². The summed E-state index contributed by atoms with van der Waals surface area (Å²) in [6, 6.07) is 7.83. The predicted octanol–water partition coefficient (Wildman–Crippen LogP) is 2.23.